The van der Waals surface area contributed by atoms with Crippen LogP contribution in [0.5, 0.6) is 5.75 Å². The van der Waals surface area contributed by atoms with E-state index >= 15 is 0 Å². The smallest absolute Gasteiger partial charge is 0.403 e. The van der Waals surface area contributed by atoms with Crippen molar-refractivity contribution < 1.29 is 17.9 Å². The first-order chi connectivity index (χ1) is 12.9. The summed E-state index contributed by atoms with van der Waals surface area (Å²) in [5.41, 5.74) is 1.19. The van der Waals surface area contributed by atoms with Gasteiger partial charge in [-0.3, -0.25) is 9.89 Å². The van der Waals surface area contributed by atoms with Crippen LogP contribution in [0, 0.1) is 0 Å². The summed E-state index contributed by atoms with van der Waals surface area (Å²) >= 11 is 0. The number of benzene rings is 1. The van der Waals surface area contributed by atoms with Gasteiger partial charge in [0.2, 0.25) is 0 Å². The van der Waals surface area contributed by atoms with Gasteiger partial charge in [-0.1, -0.05) is 18.2 Å². The third-order valence-electron chi connectivity index (χ3n) is 5.44. The molecular weight excluding hydrogens is 357 g/mol. The molecule has 1 N–H and O–H groups in total. The van der Waals surface area contributed by atoms with E-state index in [2.05, 4.69) is 16.4 Å². The second kappa shape index (κ2) is 8.37. The molecule has 27 heavy (non-hydrogen) atoms. The summed E-state index contributed by atoms with van der Waals surface area (Å²) in [5, 5.41) is 3.40. The van der Waals surface area contributed by atoms with E-state index in [1.54, 1.807) is 7.05 Å². The van der Waals surface area contributed by atoms with Crippen LogP contribution in [0.4, 0.5) is 13.2 Å². The van der Waals surface area contributed by atoms with Gasteiger partial charge in [0, 0.05) is 45.7 Å². The molecule has 8 heteroatoms. The maximum atomic E-state index is 12.9. The molecule has 5 nitrogen and oxygen atoms in total. The van der Waals surface area contributed by atoms with Crippen LogP contribution in [0.15, 0.2) is 29.3 Å². The van der Waals surface area contributed by atoms with Crippen LogP contribution in [-0.2, 0) is 0 Å². The second-order valence-electron chi connectivity index (χ2n) is 7.04. The average Bonchev–Trinajstić information content (AvgIpc) is 2.68. The van der Waals surface area contributed by atoms with Crippen LogP contribution in [-0.4, -0.2) is 74.4 Å². The molecule has 2 aliphatic heterocycles. The minimum atomic E-state index is -4.18. The Kier molecular flexibility index (Phi) is 6.14. The molecule has 1 aromatic rings. The lowest BCUT2D eigenvalue weighted by Gasteiger charge is -2.40. The summed E-state index contributed by atoms with van der Waals surface area (Å²) in [5.74, 6) is 2.01. The molecule has 2 aliphatic rings. The predicted octanol–water partition coefficient (Wildman–Crippen LogP) is 2.70. The Morgan fingerprint density at radius 3 is 2.63 bits per heavy atom. The zero-order valence-electron chi connectivity index (χ0n) is 15.8. The summed E-state index contributed by atoms with van der Waals surface area (Å²) in [7, 11) is 1.71. The van der Waals surface area contributed by atoms with Gasteiger partial charge in [-0.15, -0.1) is 0 Å². The van der Waals surface area contributed by atoms with Crippen molar-refractivity contribution in [3.05, 3.63) is 29.8 Å². The van der Waals surface area contributed by atoms with Crippen LogP contribution in [0.25, 0.3) is 0 Å². The molecule has 1 saturated heterocycles. The molecule has 1 fully saturated rings. The summed E-state index contributed by atoms with van der Waals surface area (Å²) in [4.78, 5) is 7.85. The number of para-hydroxylation sites is 1. The quantitative estimate of drug-likeness (QED) is 0.643. The third kappa shape index (κ3) is 4.66. The number of halogens is 3. The average molecular weight is 384 g/mol. The molecule has 1 aromatic carbocycles. The molecule has 0 bridgehead atoms. The van der Waals surface area contributed by atoms with Crippen LogP contribution >= 0.6 is 0 Å². The van der Waals surface area contributed by atoms with E-state index in [0.717, 1.165) is 24.7 Å². The fraction of sp³-hybridized carbons (Fsp3) is 0.632. The van der Waals surface area contributed by atoms with E-state index in [9.17, 15) is 13.2 Å². The highest BCUT2D eigenvalue weighted by Gasteiger charge is 2.41. The van der Waals surface area contributed by atoms with Crippen LogP contribution < -0.4 is 10.1 Å². The van der Waals surface area contributed by atoms with Crippen molar-refractivity contribution in [2.75, 3.05) is 46.4 Å². The van der Waals surface area contributed by atoms with E-state index in [-0.39, 0.29) is 0 Å². The van der Waals surface area contributed by atoms with Gasteiger partial charge in [0.1, 0.15) is 11.8 Å². The third-order valence-corrected chi connectivity index (χ3v) is 5.44. The number of ether oxygens (including phenoxy) is 1. The second-order valence-corrected chi connectivity index (χ2v) is 7.04. The molecular formula is C19H27F3N4O. The lowest BCUT2D eigenvalue weighted by atomic mass is 9.93. The maximum Gasteiger partial charge on any atom is 0.403 e. The largest absolute Gasteiger partial charge is 0.493 e. The van der Waals surface area contributed by atoms with E-state index in [0.29, 0.717) is 38.7 Å². The van der Waals surface area contributed by atoms with Gasteiger partial charge in [-0.25, -0.2) is 0 Å². The van der Waals surface area contributed by atoms with Crippen LogP contribution in [0.1, 0.15) is 24.8 Å². The fourth-order valence-electron chi connectivity index (χ4n) is 3.70. The first kappa shape index (κ1) is 19.8. The summed E-state index contributed by atoms with van der Waals surface area (Å²) in [6, 6.07) is 6.64. The van der Waals surface area contributed by atoms with Crippen LogP contribution in [0.3, 0.4) is 0 Å². The van der Waals surface area contributed by atoms with Crippen molar-refractivity contribution in [1.82, 2.24) is 15.1 Å². The number of fused-ring (bicyclic) bond motifs is 1. The molecule has 0 radical (unpaired) electrons. The highest BCUT2D eigenvalue weighted by atomic mass is 19.4. The number of hydrogen-bond acceptors (Lipinski definition) is 3. The first-order valence-corrected chi connectivity index (χ1v) is 9.38. The monoisotopic (exact) mass is 384 g/mol. The molecule has 0 aliphatic carbocycles. The highest BCUT2D eigenvalue weighted by Crippen LogP contribution is 2.32. The first-order valence-electron chi connectivity index (χ1n) is 9.38. The van der Waals surface area contributed by atoms with Gasteiger partial charge in [0.15, 0.2) is 5.96 Å². The topological polar surface area (TPSA) is 40.1 Å². The Hall–Kier alpha value is -1.96. The number of nitrogens with one attached hydrogen (secondary N) is 1. The van der Waals surface area contributed by atoms with Crippen molar-refractivity contribution in [1.29, 1.82) is 0 Å². The highest BCUT2D eigenvalue weighted by molar-refractivity contribution is 5.80. The maximum absolute atomic E-state index is 12.9. The summed E-state index contributed by atoms with van der Waals surface area (Å²) in [6.45, 7) is 4.46. The Labute approximate surface area is 158 Å². The Balaban J connectivity index is 1.54. The number of aliphatic imine (C=N–C) groups is 1. The van der Waals surface area contributed by atoms with Crippen molar-refractivity contribution in [2.24, 2.45) is 4.99 Å². The van der Waals surface area contributed by atoms with Gasteiger partial charge in [0.25, 0.3) is 0 Å². The summed E-state index contributed by atoms with van der Waals surface area (Å²) in [6.07, 6.45) is -3.25. The fourth-order valence-corrected chi connectivity index (χ4v) is 3.70. The molecule has 0 saturated carbocycles. The van der Waals surface area contributed by atoms with E-state index in [1.807, 2.05) is 23.1 Å². The van der Waals surface area contributed by atoms with Crippen molar-refractivity contribution in [2.45, 2.75) is 31.5 Å². The zero-order chi connectivity index (χ0) is 19.4. The van der Waals surface area contributed by atoms with Gasteiger partial charge < -0.3 is 15.0 Å². The molecule has 0 spiro atoms. The molecule has 0 amide bonds. The Morgan fingerprint density at radius 2 is 1.96 bits per heavy atom. The lowest BCUT2D eigenvalue weighted by Crippen LogP contribution is -2.57. The van der Waals surface area contributed by atoms with Gasteiger partial charge in [-0.05, 0) is 25.0 Å². The van der Waals surface area contributed by atoms with Gasteiger partial charge in [0.05, 0.1) is 6.61 Å². The summed E-state index contributed by atoms with van der Waals surface area (Å²) < 4.78 is 44.4. The number of alkyl halides is 3. The van der Waals surface area contributed by atoms with Crippen LogP contribution in [0.2, 0.25) is 0 Å². The molecule has 3 rings (SSSR count). The standard InChI is InChI=1S/C19H27F3N4O/c1-14(19(20,21)22)25-8-10-26(11-9-25)18(23-2)24-13-15-7-12-27-17-6-4-3-5-16(15)17/h3-6,14-15H,7-13H2,1-2H3,(H,23,24). The number of nitrogens with zero attached hydrogens (tertiary/aromatic N) is 3. The molecule has 0 aromatic heterocycles. The Morgan fingerprint density at radius 1 is 1.26 bits per heavy atom. The lowest BCUT2D eigenvalue weighted by molar-refractivity contribution is -0.181. The van der Waals surface area contributed by atoms with Crippen molar-refractivity contribution >= 4 is 5.96 Å². The number of guanidine groups is 1. The minimum absolute atomic E-state index is 0.332. The van der Waals surface area contributed by atoms with Crippen molar-refractivity contribution in [3.63, 3.8) is 0 Å². The molecule has 150 valence electrons. The normalized spacial score (nSPS) is 22.8. The van der Waals surface area contributed by atoms with Gasteiger partial charge >= 0.3 is 6.18 Å². The van der Waals surface area contributed by atoms with Crippen molar-refractivity contribution in [3.8, 4) is 5.75 Å². The zero-order valence-corrected chi connectivity index (χ0v) is 15.8. The molecule has 2 heterocycles. The van der Waals surface area contributed by atoms with E-state index in [1.165, 1.54) is 17.4 Å². The minimum Gasteiger partial charge on any atom is -0.493 e. The Bertz CT molecular complexity index is 657. The van der Waals surface area contributed by atoms with Gasteiger partial charge in [-0.2, -0.15) is 13.2 Å². The van der Waals surface area contributed by atoms with E-state index < -0.39 is 12.2 Å². The molecule has 2 unspecified atom stereocenters. The molecule has 2 atom stereocenters. The van der Waals surface area contributed by atoms with E-state index in [4.69, 9.17) is 4.74 Å². The number of hydrogen-bond donors (Lipinski definition) is 1. The number of rotatable bonds is 3. The SMILES string of the molecule is CN=C(NCC1CCOc2ccccc21)N1CCN(C(C)C(F)(F)F)CC1. The number of piperazine rings is 1. The predicted molar refractivity (Wildman–Crippen MR) is 99.3 cm³/mol.